The monoisotopic (exact) mass is 257 g/mol. The summed E-state index contributed by atoms with van der Waals surface area (Å²) in [5, 5.41) is 0. The van der Waals surface area contributed by atoms with Crippen LogP contribution in [-0.2, 0) is 15.3 Å². The third-order valence-corrected chi connectivity index (χ3v) is 3.57. The van der Waals surface area contributed by atoms with Crippen molar-refractivity contribution in [2.24, 2.45) is 0 Å². The molecule has 1 aromatic rings. The average Bonchev–Trinajstić information content (AvgIpc) is 2.14. The molecule has 0 spiro atoms. The van der Waals surface area contributed by atoms with Crippen molar-refractivity contribution < 1.29 is 13.2 Å². The average molecular weight is 257 g/mol. The number of sulfone groups is 1. The molecule has 0 aliphatic rings. The van der Waals surface area contributed by atoms with Gasteiger partial charge in [-0.1, -0.05) is 20.8 Å². The highest BCUT2D eigenvalue weighted by Crippen LogP contribution is 2.31. The minimum Gasteiger partial charge on any atom is -0.495 e. The predicted octanol–water partition coefficient (Wildman–Crippen LogP) is 2.10. The molecule has 0 amide bonds. The Kier molecular flexibility index (Phi) is 3.52. The van der Waals surface area contributed by atoms with E-state index in [4.69, 9.17) is 4.74 Å². The standard InChI is InChI=1S/C12H19NO3S/c1-8-9(16-5)7-10(17(6,14)15)11(13-8)12(2,3)4/h7H,1-6H3. The Bertz CT molecular complexity index is 527. The van der Waals surface area contributed by atoms with Crippen molar-refractivity contribution in [3.05, 3.63) is 17.5 Å². The minimum absolute atomic E-state index is 0.243. The van der Waals surface area contributed by atoms with Gasteiger partial charge in [-0.3, -0.25) is 4.98 Å². The number of pyridine rings is 1. The number of hydrogen-bond acceptors (Lipinski definition) is 4. The van der Waals surface area contributed by atoms with Crippen molar-refractivity contribution in [2.45, 2.75) is 38.0 Å². The Labute approximate surface area is 103 Å². The molecule has 0 saturated carbocycles. The first-order valence-electron chi connectivity index (χ1n) is 5.33. The lowest BCUT2D eigenvalue weighted by Crippen LogP contribution is -2.19. The van der Waals surface area contributed by atoms with Gasteiger partial charge in [-0.25, -0.2) is 8.42 Å². The molecule has 0 fully saturated rings. The number of methoxy groups -OCH3 is 1. The lowest BCUT2D eigenvalue weighted by atomic mass is 9.91. The van der Waals surface area contributed by atoms with Gasteiger partial charge in [-0.15, -0.1) is 0 Å². The van der Waals surface area contributed by atoms with Crippen LogP contribution in [0, 0.1) is 6.92 Å². The largest absolute Gasteiger partial charge is 0.495 e. The Morgan fingerprint density at radius 2 is 1.82 bits per heavy atom. The fraction of sp³-hybridized carbons (Fsp3) is 0.583. The summed E-state index contributed by atoms with van der Waals surface area (Å²) in [5.41, 5.74) is 0.957. The number of ether oxygens (including phenoxy) is 1. The van der Waals surface area contributed by atoms with Crippen LogP contribution >= 0.6 is 0 Å². The number of aryl methyl sites for hydroxylation is 1. The van der Waals surface area contributed by atoms with E-state index in [-0.39, 0.29) is 10.3 Å². The highest BCUT2D eigenvalue weighted by Gasteiger charge is 2.26. The molecule has 0 bridgehead atoms. The second kappa shape index (κ2) is 4.29. The molecular weight excluding hydrogens is 238 g/mol. The summed E-state index contributed by atoms with van der Waals surface area (Å²) < 4.78 is 28.7. The van der Waals surface area contributed by atoms with Crippen LogP contribution in [0.4, 0.5) is 0 Å². The molecule has 0 aliphatic carbocycles. The van der Waals surface area contributed by atoms with E-state index in [0.29, 0.717) is 17.1 Å². The van der Waals surface area contributed by atoms with Gasteiger partial charge in [-0.2, -0.15) is 0 Å². The van der Waals surface area contributed by atoms with Gasteiger partial charge in [0, 0.05) is 17.7 Å². The van der Waals surface area contributed by atoms with E-state index in [9.17, 15) is 8.42 Å². The highest BCUT2D eigenvalue weighted by atomic mass is 32.2. The third-order valence-electron chi connectivity index (χ3n) is 2.46. The highest BCUT2D eigenvalue weighted by molar-refractivity contribution is 7.90. The predicted molar refractivity (Wildman–Crippen MR) is 67.3 cm³/mol. The third kappa shape index (κ3) is 2.97. The molecule has 4 nitrogen and oxygen atoms in total. The second-order valence-electron chi connectivity index (χ2n) is 5.14. The van der Waals surface area contributed by atoms with E-state index >= 15 is 0 Å². The quantitative estimate of drug-likeness (QED) is 0.814. The molecule has 0 aromatic carbocycles. The van der Waals surface area contributed by atoms with Crippen molar-refractivity contribution in [1.82, 2.24) is 4.98 Å². The van der Waals surface area contributed by atoms with Crippen LogP contribution < -0.4 is 4.74 Å². The van der Waals surface area contributed by atoms with Gasteiger partial charge < -0.3 is 4.74 Å². The van der Waals surface area contributed by atoms with Gasteiger partial charge in [0.2, 0.25) is 0 Å². The molecule has 0 radical (unpaired) electrons. The zero-order valence-electron chi connectivity index (χ0n) is 11.2. The number of nitrogens with zero attached hydrogens (tertiary/aromatic N) is 1. The Morgan fingerprint density at radius 1 is 1.29 bits per heavy atom. The summed E-state index contributed by atoms with van der Waals surface area (Å²) in [6.07, 6.45) is 1.19. The van der Waals surface area contributed by atoms with Crippen molar-refractivity contribution in [2.75, 3.05) is 13.4 Å². The van der Waals surface area contributed by atoms with Gasteiger partial charge in [0.25, 0.3) is 0 Å². The summed E-state index contributed by atoms with van der Waals surface area (Å²) in [5.74, 6) is 0.499. The Hall–Kier alpha value is -1.10. The molecule has 5 heteroatoms. The van der Waals surface area contributed by atoms with Crippen LogP contribution in [0.2, 0.25) is 0 Å². The van der Waals surface area contributed by atoms with Gasteiger partial charge >= 0.3 is 0 Å². The van der Waals surface area contributed by atoms with Crippen LogP contribution in [0.1, 0.15) is 32.2 Å². The van der Waals surface area contributed by atoms with E-state index in [1.165, 1.54) is 13.4 Å². The SMILES string of the molecule is COc1cc(S(C)(=O)=O)c(C(C)(C)C)nc1C. The number of rotatable bonds is 2. The molecule has 0 N–H and O–H groups in total. The number of hydrogen-bond donors (Lipinski definition) is 0. The summed E-state index contributed by atoms with van der Waals surface area (Å²) in [6, 6.07) is 1.55. The van der Waals surface area contributed by atoms with E-state index in [2.05, 4.69) is 4.98 Å². The summed E-state index contributed by atoms with van der Waals surface area (Å²) >= 11 is 0. The van der Waals surface area contributed by atoms with E-state index in [1.54, 1.807) is 13.0 Å². The molecule has 17 heavy (non-hydrogen) atoms. The lowest BCUT2D eigenvalue weighted by Gasteiger charge is -2.22. The first-order chi connectivity index (χ1) is 7.57. The molecule has 1 aromatic heterocycles. The smallest absolute Gasteiger partial charge is 0.177 e. The molecule has 0 saturated heterocycles. The molecule has 1 heterocycles. The zero-order valence-corrected chi connectivity index (χ0v) is 12.0. The van der Waals surface area contributed by atoms with Crippen LogP contribution in [0.5, 0.6) is 5.75 Å². The fourth-order valence-electron chi connectivity index (χ4n) is 1.60. The number of aromatic nitrogens is 1. The maximum atomic E-state index is 11.8. The summed E-state index contributed by atoms with van der Waals surface area (Å²) in [6.45, 7) is 7.63. The van der Waals surface area contributed by atoms with E-state index in [0.717, 1.165) is 0 Å². The van der Waals surface area contributed by atoms with Crippen LogP contribution in [-0.4, -0.2) is 26.8 Å². The Morgan fingerprint density at radius 3 is 2.18 bits per heavy atom. The van der Waals surface area contributed by atoms with Crippen molar-refractivity contribution in [3.8, 4) is 5.75 Å². The molecule has 1 rings (SSSR count). The van der Waals surface area contributed by atoms with Gasteiger partial charge in [0.1, 0.15) is 5.75 Å². The molecule has 0 unspecified atom stereocenters. The zero-order chi connectivity index (χ0) is 13.4. The first-order valence-corrected chi connectivity index (χ1v) is 7.22. The Balaban J connectivity index is 3.66. The van der Waals surface area contributed by atoms with E-state index in [1.807, 2.05) is 20.8 Å². The molecular formula is C12H19NO3S. The molecule has 0 atom stereocenters. The summed E-state index contributed by atoms with van der Waals surface area (Å²) in [4.78, 5) is 4.62. The molecule has 96 valence electrons. The van der Waals surface area contributed by atoms with Crippen molar-refractivity contribution >= 4 is 9.84 Å². The lowest BCUT2D eigenvalue weighted by molar-refractivity contribution is 0.404. The second-order valence-corrected chi connectivity index (χ2v) is 7.13. The van der Waals surface area contributed by atoms with Crippen molar-refractivity contribution in [3.63, 3.8) is 0 Å². The van der Waals surface area contributed by atoms with Crippen LogP contribution in [0.25, 0.3) is 0 Å². The fourth-order valence-corrected chi connectivity index (χ4v) is 2.62. The van der Waals surface area contributed by atoms with Crippen LogP contribution in [0.3, 0.4) is 0 Å². The van der Waals surface area contributed by atoms with Crippen molar-refractivity contribution in [1.29, 1.82) is 0 Å². The normalized spacial score (nSPS) is 12.6. The maximum absolute atomic E-state index is 11.8. The molecule has 0 aliphatic heterocycles. The van der Waals surface area contributed by atoms with E-state index < -0.39 is 9.84 Å². The summed E-state index contributed by atoms with van der Waals surface area (Å²) in [7, 11) is -1.80. The minimum atomic E-state index is -3.31. The van der Waals surface area contributed by atoms with Gasteiger partial charge in [-0.05, 0) is 6.92 Å². The van der Waals surface area contributed by atoms with Gasteiger partial charge in [0.05, 0.1) is 23.4 Å². The topological polar surface area (TPSA) is 56.3 Å². The maximum Gasteiger partial charge on any atom is 0.177 e. The first kappa shape index (κ1) is 14.0. The van der Waals surface area contributed by atoms with Crippen LogP contribution in [0.15, 0.2) is 11.0 Å². The van der Waals surface area contributed by atoms with Gasteiger partial charge in [0.15, 0.2) is 9.84 Å².